The molecule has 3 unspecified atom stereocenters. The van der Waals surface area contributed by atoms with Crippen molar-refractivity contribution in [1.29, 1.82) is 0 Å². The van der Waals surface area contributed by atoms with E-state index < -0.39 is 11.8 Å². The minimum Gasteiger partial charge on any atom is -0.326 e. The largest absolute Gasteiger partial charge is 0.326 e. The van der Waals surface area contributed by atoms with Crippen LogP contribution in [0.5, 0.6) is 0 Å². The molecule has 1 aromatic carbocycles. The first-order valence-corrected chi connectivity index (χ1v) is 11.8. The highest BCUT2D eigenvalue weighted by atomic mass is 35.5. The molecule has 3 aliphatic carbocycles. The van der Waals surface area contributed by atoms with Gasteiger partial charge in [0.25, 0.3) is 0 Å². The predicted molar refractivity (Wildman–Crippen MR) is 131 cm³/mol. The molecule has 4 atom stereocenters. The lowest BCUT2D eigenvalue weighted by Crippen LogP contribution is -2.37. The van der Waals surface area contributed by atoms with Gasteiger partial charge >= 0.3 is 0 Å². The lowest BCUT2D eigenvalue weighted by molar-refractivity contribution is -0.130. The van der Waals surface area contributed by atoms with E-state index in [0.29, 0.717) is 29.2 Å². The van der Waals surface area contributed by atoms with Gasteiger partial charge in [0.1, 0.15) is 5.78 Å². The molecule has 1 aromatic rings. The number of carbonyl (C=O) groups excluding carboxylic acids is 4. The second-order valence-electron chi connectivity index (χ2n) is 9.09. The SMILES string of the molecule is CC1=CC(C2C=CC=CC(=O)C2)CC=C1NC(=O)C1CC(=O)C[C@@H]1C(=O)Nc1ccc(Cl)cc1. The number of allylic oxidation sites excluding steroid dienone is 7. The van der Waals surface area contributed by atoms with Gasteiger partial charge in [-0.25, -0.2) is 0 Å². The standard InChI is InChI=1S/C27H27ClN2O4/c1-16-12-18(17-4-2-3-5-21(31)13-17)6-11-25(16)30-27(34)24-15-22(32)14-23(24)26(33)29-20-9-7-19(28)8-10-20/h2-5,7-12,17-18,23-24H,6,13-15H2,1H3,(H,29,33)(H,30,34)/t17?,18?,23-,24?/m0/s1. The quantitative estimate of drug-likeness (QED) is 0.649. The summed E-state index contributed by atoms with van der Waals surface area (Å²) < 4.78 is 0. The third-order valence-corrected chi connectivity index (χ3v) is 6.90. The van der Waals surface area contributed by atoms with E-state index in [0.717, 1.165) is 5.57 Å². The van der Waals surface area contributed by atoms with Crippen LogP contribution in [0.3, 0.4) is 0 Å². The van der Waals surface area contributed by atoms with Crippen LogP contribution in [0.4, 0.5) is 5.69 Å². The Hall–Kier alpha value is -3.25. The van der Waals surface area contributed by atoms with Crippen LogP contribution in [0, 0.1) is 23.7 Å². The predicted octanol–water partition coefficient (Wildman–Crippen LogP) is 4.54. The maximum Gasteiger partial charge on any atom is 0.228 e. The topological polar surface area (TPSA) is 92.3 Å². The van der Waals surface area contributed by atoms with E-state index in [1.165, 1.54) is 0 Å². The molecule has 176 valence electrons. The van der Waals surface area contributed by atoms with Crippen LogP contribution in [0.1, 0.15) is 32.6 Å². The molecule has 1 fully saturated rings. The smallest absolute Gasteiger partial charge is 0.228 e. The molecule has 1 saturated carbocycles. The number of hydrogen-bond donors (Lipinski definition) is 2. The van der Waals surface area contributed by atoms with E-state index in [4.69, 9.17) is 11.6 Å². The van der Waals surface area contributed by atoms with Crippen molar-refractivity contribution in [3.8, 4) is 0 Å². The van der Waals surface area contributed by atoms with Crippen LogP contribution in [0.25, 0.3) is 0 Å². The lowest BCUT2D eigenvalue weighted by Gasteiger charge is -2.26. The van der Waals surface area contributed by atoms with Crippen molar-refractivity contribution in [1.82, 2.24) is 5.32 Å². The fourth-order valence-corrected chi connectivity index (χ4v) is 4.90. The Morgan fingerprint density at radius 3 is 2.26 bits per heavy atom. The molecule has 34 heavy (non-hydrogen) atoms. The van der Waals surface area contributed by atoms with Crippen molar-refractivity contribution in [2.24, 2.45) is 23.7 Å². The number of rotatable bonds is 5. The maximum atomic E-state index is 13.1. The summed E-state index contributed by atoms with van der Waals surface area (Å²) in [5.41, 5.74) is 2.17. The highest BCUT2D eigenvalue weighted by molar-refractivity contribution is 6.30. The highest BCUT2D eigenvalue weighted by Crippen LogP contribution is 2.34. The van der Waals surface area contributed by atoms with Crippen molar-refractivity contribution in [3.05, 3.63) is 77.0 Å². The van der Waals surface area contributed by atoms with Crippen LogP contribution < -0.4 is 10.6 Å². The third kappa shape index (κ3) is 5.62. The van der Waals surface area contributed by atoms with Gasteiger partial charge in [-0.2, -0.15) is 0 Å². The number of amides is 2. The van der Waals surface area contributed by atoms with Gasteiger partial charge in [-0.05, 0) is 61.1 Å². The summed E-state index contributed by atoms with van der Waals surface area (Å²) in [4.78, 5) is 50.0. The minimum atomic E-state index is -0.723. The lowest BCUT2D eigenvalue weighted by atomic mass is 9.81. The van der Waals surface area contributed by atoms with E-state index in [1.807, 2.05) is 19.1 Å². The number of nitrogens with one attached hydrogen (secondary N) is 2. The summed E-state index contributed by atoms with van der Waals surface area (Å²) in [6, 6.07) is 6.68. The molecule has 0 aliphatic heterocycles. The van der Waals surface area contributed by atoms with Crippen molar-refractivity contribution in [2.45, 2.75) is 32.6 Å². The number of carbonyl (C=O) groups is 4. The third-order valence-electron chi connectivity index (χ3n) is 6.65. The van der Waals surface area contributed by atoms with Gasteiger partial charge in [0.05, 0.1) is 11.8 Å². The van der Waals surface area contributed by atoms with E-state index in [1.54, 1.807) is 36.4 Å². The monoisotopic (exact) mass is 478 g/mol. The molecule has 0 bridgehead atoms. The van der Waals surface area contributed by atoms with Crippen LogP contribution in [0.2, 0.25) is 5.02 Å². The molecule has 0 saturated heterocycles. The van der Waals surface area contributed by atoms with Crippen LogP contribution in [-0.2, 0) is 19.2 Å². The number of ketones is 2. The Morgan fingerprint density at radius 2 is 1.59 bits per heavy atom. The van der Waals surface area contributed by atoms with Gasteiger partial charge in [0.15, 0.2) is 5.78 Å². The first-order chi connectivity index (χ1) is 16.3. The first kappa shape index (κ1) is 23.9. The van der Waals surface area contributed by atoms with E-state index in [-0.39, 0.29) is 48.1 Å². The molecule has 4 rings (SSSR count). The summed E-state index contributed by atoms with van der Waals surface area (Å²) in [5, 5.41) is 6.28. The molecule has 7 heteroatoms. The average molecular weight is 479 g/mol. The summed E-state index contributed by atoms with van der Waals surface area (Å²) in [7, 11) is 0. The van der Waals surface area contributed by atoms with E-state index >= 15 is 0 Å². The van der Waals surface area contributed by atoms with Crippen LogP contribution in [0.15, 0.2) is 72.0 Å². The molecular formula is C27H27ClN2O4. The van der Waals surface area contributed by atoms with Gasteiger partial charge in [-0.15, -0.1) is 0 Å². The zero-order valence-electron chi connectivity index (χ0n) is 18.9. The molecule has 2 amide bonds. The highest BCUT2D eigenvalue weighted by Gasteiger charge is 2.42. The van der Waals surface area contributed by atoms with Crippen LogP contribution >= 0.6 is 11.6 Å². The zero-order chi connectivity index (χ0) is 24.2. The molecule has 2 N–H and O–H groups in total. The number of hydrogen-bond acceptors (Lipinski definition) is 4. The molecule has 0 heterocycles. The zero-order valence-corrected chi connectivity index (χ0v) is 19.7. The van der Waals surface area contributed by atoms with E-state index in [9.17, 15) is 19.2 Å². The number of halogens is 1. The summed E-state index contributed by atoms with van der Waals surface area (Å²) >= 11 is 5.89. The van der Waals surface area contributed by atoms with E-state index in [2.05, 4.69) is 22.8 Å². The molecule has 6 nitrogen and oxygen atoms in total. The van der Waals surface area contributed by atoms with Gasteiger partial charge in [-0.1, -0.05) is 42.0 Å². The number of Topliss-reactive ketones (excluding diaryl/α,β-unsaturated/α-hetero) is 1. The molecule has 0 aromatic heterocycles. The Labute approximate surface area is 203 Å². The van der Waals surface area contributed by atoms with Gasteiger partial charge in [0.2, 0.25) is 11.8 Å². The van der Waals surface area contributed by atoms with Crippen molar-refractivity contribution >= 4 is 40.7 Å². The maximum absolute atomic E-state index is 13.1. The van der Waals surface area contributed by atoms with Gasteiger partial charge in [-0.3, -0.25) is 19.2 Å². The first-order valence-electron chi connectivity index (χ1n) is 11.5. The van der Waals surface area contributed by atoms with Crippen molar-refractivity contribution < 1.29 is 19.2 Å². The fourth-order valence-electron chi connectivity index (χ4n) is 4.78. The minimum absolute atomic E-state index is 0.0452. The Bertz CT molecular complexity index is 1130. The molecule has 3 aliphatic rings. The molecule has 0 radical (unpaired) electrons. The van der Waals surface area contributed by atoms with Gasteiger partial charge < -0.3 is 10.6 Å². The summed E-state index contributed by atoms with van der Waals surface area (Å²) in [5.74, 6) is -1.83. The second-order valence-corrected chi connectivity index (χ2v) is 9.53. The van der Waals surface area contributed by atoms with Crippen molar-refractivity contribution in [3.63, 3.8) is 0 Å². The summed E-state index contributed by atoms with van der Waals surface area (Å²) in [6.07, 6.45) is 12.6. The molecule has 0 spiro atoms. The van der Waals surface area contributed by atoms with Crippen LogP contribution in [-0.4, -0.2) is 23.4 Å². The summed E-state index contributed by atoms with van der Waals surface area (Å²) in [6.45, 7) is 1.92. The number of benzene rings is 1. The Balaban J connectivity index is 1.40. The molecular weight excluding hydrogens is 452 g/mol. The Kier molecular flexibility index (Phi) is 7.27. The van der Waals surface area contributed by atoms with Crippen molar-refractivity contribution in [2.75, 3.05) is 5.32 Å². The Morgan fingerprint density at radius 1 is 0.912 bits per heavy atom. The number of anilines is 1. The van der Waals surface area contributed by atoms with Gasteiger partial charge in [0, 0.05) is 35.7 Å². The normalized spacial score (nSPS) is 26.5. The average Bonchev–Trinajstić information content (AvgIpc) is 3.07. The second kappa shape index (κ2) is 10.3. The fraction of sp³-hybridized carbons (Fsp3) is 0.333.